The summed E-state index contributed by atoms with van der Waals surface area (Å²) in [6, 6.07) is 7.31. The maximum absolute atomic E-state index is 12.2. The van der Waals surface area contributed by atoms with E-state index in [0.717, 1.165) is 21.3 Å². The lowest BCUT2D eigenvalue weighted by molar-refractivity contribution is 0.603. The van der Waals surface area contributed by atoms with Crippen molar-refractivity contribution >= 4 is 48.0 Å². The van der Waals surface area contributed by atoms with E-state index in [9.17, 15) is 8.42 Å². The molecule has 0 aliphatic carbocycles. The molecule has 0 radical (unpaired) electrons. The molecule has 2 heterocycles. The zero-order chi connectivity index (χ0) is 14.3. The fourth-order valence-corrected chi connectivity index (χ4v) is 5.12. The van der Waals surface area contributed by atoms with E-state index in [1.54, 1.807) is 17.5 Å². The van der Waals surface area contributed by atoms with Crippen LogP contribution in [0.25, 0.3) is 10.2 Å². The highest BCUT2D eigenvalue weighted by atomic mass is 32.2. The summed E-state index contributed by atoms with van der Waals surface area (Å²) in [5.74, 6) is 0. The molecule has 1 N–H and O–H groups in total. The third-order valence-corrected chi connectivity index (χ3v) is 6.90. The number of nitrogens with one attached hydrogen (secondary N) is 1. The Hall–Kier alpha value is -1.44. The summed E-state index contributed by atoms with van der Waals surface area (Å²) in [6.45, 7) is 3.97. The van der Waals surface area contributed by atoms with Crippen LogP contribution >= 0.6 is 22.7 Å². The van der Waals surface area contributed by atoms with Crippen molar-refractivity contribution in [3.05, 3.63) is 40.8 Å². The minimum Gasteiger partial charge on any atom is -0.254 e. The minimum atomic E-state index is -3.53. The molecule has 0 aliphatic heterocycles. The second-order valence-corrected chi connectivity index (χ2v) is 8.29. The van der Waals surface area contributed by atoms with Crippen LogP contribution in [0.15, 0.2) is 33.9 Å². The number of hydrogen-bond donors (Lipinski definition) is 1. The number of anilines is 1. The normalized spacial score (nSPS) is 11.9. The number of benzene rings is 1. The van der Waals surface area contributed by atoms with Crippen LogP contribution in [-0.4, -0.2) is 13.4 Å². The van der Waals surface area contributed by atoms with Crippen molar-refractivity contribution in [3.63, 3.8) is 0 Å². The van der Waals surface area contributed by atoms with Crippen LogP contribution in [-0.2, 0) is 10.0 Å². The summed E-state index contributed by atoms with van der Waals surface area (Å²) < 4.78 is 28.2. The predicted molar refractivity (Wildman–Crippen MR) is 84.2 cm³/mol. The third kappa shape index (κ3) is 2.32. The summed E-state index contributed by atoms with van der Waals surface area (Å²) in [4.78, 5) is 4.40. The van der Waals surface area contributed by atoms with Gasteiger partial charge in [0.25, 0.3) is 10.0 Å². The molecule has 0 atom stereocenters. The van der Waals surface area contributed by atoms with Crippen LogP contribution in [0, 0.1) is 13.8 Å². The van der Waals surface area contributed by atoms with Crippen molar-refractivity contribution in [3.8, 4) is 0 Å². The standard InChI is InChI=1S/C13H12N2O2S3/c1-8-5-6-9(2)12-11(8)14-13(19-12)15-20(16,17)10-4-3-7-18-10/h3-7H,1-2H3,(H,14,15). The molecule has 0 saturated carbocycles. The van der Waals surface area contributed by atoms with E-state index in [0.29, 0.717) is 9.34 Å². The Bertz CT molecular complexity index is 826. The van der Waals surface area contributed by atoms with Gasteiger partial charge in [-0.25, -0.2) is 13.4 Å². The molecule has 1 aromatic carbocycles. The highest BCUT2D eigenvalue weighted by Gasteiger charge is 2.18. The first-order valence-corrected chi connectivity index (χ1v) is 9.08. The molecular weight excluding hydrogens is 312 g/mol. The van der Waals surface area contributed by atoms with Gasteiger partial charge in [0.15, 0.2) is 5.13 Å². The molecule has 3 rings (SSSR count). The van der Waals surface area contributed by atoms with Gasteiger partial charge in [0, 0.05) is 0 Å². The second-order valence-electron chi connectivity index (χ2n) is 4.43. The number of thiazole rings is 1. The number of fused-ring (bicyclic) bond motifs is 1. The van der Waals surface area contributed by atoms with E-state index in [-0.39, 0.29) is 0 Å². The molecule has 0 unspecified atom stereocenters. The van der Waals surface area contributed by atoms with Crippen LogP contribution in [0.3, 0.4) is 0 Å². The van der Waals surface area contributed by atoms with E-state index in [2.05, 4.69) is 9.71 Å². The first kappa shape index (κ1) is 13.5. The molecule has 7 heteroatoms. The van der Waals surface area contributed by atoms with E-state index < -0.39 is 10.0 Å². The quantitative estimate of drug-likeness (QED) is 0.797. The number of aryl methyl sites for hydroxylation is 2. The zero-order valence-corrected chi connectivity index (χ0v) is 13.3. The summed E-state index contributed by atoms with van der Waals surface area (Å²) >= 11 is 2.55. The smallest absolute Gasteiger partial charge is 0.254 e. The van der Waals surface area contributed by atoms with Gasteiger partial charge in [-0.05, 0) is 36.4 Å². The number of aromatic nitrogens is 1. The highest BCUT2D eigenvalue weighted by molar-refractivity contribution is 7.94. The number of nitrogens with zero attached hydrogens (tertiary/aromatic N) is 1. The number of thiophene rings is 1. The Balaban J connectivity index is 2.04. The molecule has 0 aliphatic rings. The summed E-state index contributed by atoms with van der Waals surface area (Å²) in [6.07, 6.45) is 0. The van der Waals surface area contributed by atoms with Crippen LogP contribution in [0.4, 0.5) is 5.13 Å². The van der Waals surface area contributed by atoms with Gasteiger partial charge < -0.3 is 0 Å². The monoisotopic (exact) mass is 324 g/mol. The lowest BCUT2D eigenvalue weighted by Gasteiger charge is -2.01. The number of hydrogen-bond acceptors (Lipinski definition) is 5. The van der Waals surface area contributed by atoms with Gasteiger partial charge >= 0.3 is 0 Å². The predicted octanol–water partition coefficient (Wildman–Crippen LogP) is 3.78. The van der Waals surface area contributed by atoms with Crippen LogP contribution < -0.4 is 4.72 Å². The minimum absolute atomic E-state index is 0.296. The first-order chi connectivity index (χ1) is 9.47. The van der Waals surface area contributed by atoms with Gasteiger partial charge in [-0.2, -0.15) is 0 Å². The fourth-order valence-electron chi connectivity index (χ4n) is 1.88. The van der Waals surface area contributed by atoms with Crippen molar-refractivity contribution in [1.82, 2.24) is 4.98 Å². The first-order valence-electron chi connectivity index (χ1n) is 5.90. The van der Waals surface area contributed by atoms with Crippen LogP contribution in [0.2, 0.25) is 0 Å². The Kier molecular flexibility index (Phi) is 3.27. The Labute approximate surface area is 125 Å². The molecule has 0 amide bonds. The Morgan fingerprint density at radius 3 is 2.55 bits per heavy atom. The van der Waals surface area contributed by atoms with Gasteiger partial charge in [0.1, 0.15) is 4.21 Å². The highest BCUT2D eigenvalue weighted by Crippen LogP contribution is 2.32. The van der Waals surface area contributed by atoms with Gasteiger partial charge in [0.05, 0.1) is 10.2 Å². The van der Waals surface area contributed by atoms with Gasteiger partial charge in [-0.1, -0.05) is 29.5 Å². The molecule has 4 nitrogen and oxygen atoms in total. The Morgan fingerprint density at radius 1 is 1.15 bits per heavy atom. The average Bonchev–Trinajstić information content (AvgIpc) is 3.02. The van der Waals surface area contributed by atoms with Crippen LogP contribution in [0.5, 0.6) is 0 Å². The van der Waals surface area contributed by atoms with E-state index in [4.69, 9.17) is 0 Å². The molecule has 0 spiro atoms. The number of rotatable bonds is 3. The lowest BCUT2D eigenvalue weighted by atomic mass is 10.1. The van der Waals surface area contributed by atoms with Gasteiger partial charge in [-0.3, -0.25) is 4.72 Å². The zero-order valence-electron chi connectivity index (χ0n) is 10.9. The maximum atomic E-state index is 12.2. The molecule has 2 aromatic heterocycles. The third-order valence-electron chi connectivity index (χ3n) is 2.92. The molecule has 20 heavy (non-hydrogen) atoms. The SMILES string of the molecule is Cc1ccc(C)c2sc(NS(=O)(=O)c3cccs3)nc12. The molecule has 0 bridgehead atoms. The van der Waals surface area contributed by atoms with Crippen molar-refractivity contribution in [1.29, 1.82) is 0 Å². The van der Waals surface area contributed by atoms with Gasteiger partial charge in [0.2, 0.25) is 0 Å². The van der Waals surface area contributed by atoms with E-state index in [1.165, 1.54) is 22.7 Å². The topological polar surface area (TPSA) is 59.1 Å². The summed E-state index contributed by atoms with van der Waals surface area (Å²) in [5, 5.41) is 2.15. The summed E-state index contributed by atoms with van der Waals surface area (Å²) in [7, 11) is -3.53. The summed E-state index contributed by atoms with van der Waals surface area (Å²) in [5.41, 5.74) is 3.01. The molecule has 0 saturated heterocycles. The number of sulfonamides is 1. The van der Waals surface area contributed by atoms with E-state index >= 15 is 0 Å². The van der Waals surface area contributed by atoms with Crippen molar-refractivity contribution < 1.29 is 8.42 Å². The van der Waals surface area contributed by atoms with Crippen LogP contribution in [0.1, 0.15) is 11.1 Å². The van der Waals surface area contributed by atoms with E-state index in [1.807, 2.05) is 26.0 Å². The Morgan fingerprint density at radius 2 is 1.90 bits per heavy atom. The average molecular weight is 324 g/mol. The maximum Gasteiger partial charge on any atom is 0.273 e. The second kappa shape index (κ2) is 4.83. The fraction of sp³-hybridized carbons (Fsp3) is 0.154. The molecule has 104 valence electrons. The van der Waals surface area contributed by atoms with Gasteiger partial charge in [-0.15, -0.1) is 11.3 Å². The molecule has 3 aromatic rings. The van der Waals surface area contributed by atoms with Crippen molar-refractivity contribution in [2.45, 2.75) is 18.1 Å². The van der Waals surface area contributed by atoms with Crippen molar-refractivity contribution in [2.24, 2.45) is 0 Å². The van der Waals surface area contributed by atoms with Crippen molar-refractivity contribution in [2.75, 3.05) is 4.72 Å². The molecular formula is C13H12N2O2S3. The molecule has 0 fully saturated rings. The largest absolute Gasteiger partial charge is 0.273 e. The lowest BCUT2D eigenvalue weighted by Crippen LogP contribution is -2.10.